The van der Waals surface area contributed by atoms with E-state index in [1.165, 1.54) is 33.3 Å². The summed E-state index contributed by atoms with van der Waals surface area (Å²) in [5.74, 6) is -6.83. The van der Waals surface area contributed by atoms with Crippen LogP contribution in [0.4, 0.5) is 0 Å². The van der Waals surface area contributed by atoms with E-state index in [9.17, 15) is 39.9 Å². The fourth-order valence-electron chi connectivity index (χ4n) is 8.24. The molecule has 11 unspecified atom stereocenters. The minimum atomic E-state index is -2.41. The number of esters is 3. The number of hydrogen-bond donors (Lipinski definition) is 5. The van der Waals surface area contributed by atoms with Crippen LogP contribution in [0.1, 0.15) is 106 Å². The summed E-state index contributed by atoms with van der Waals surface area (Å²) in [4.78, 5) is 49.5. The molecule has 0 amide bonds. The van der Waals surface area contributed by atoms with Crippen LogP contribution in [0.2, 0.25) is 0 Å². The van der Waals surface area contributed by atoms with Crippen molar-refractivity contribution in [3.8, 4) is 0 Å². The smallest absolute Gasteiger partial charge is 0.331 e. The molecule has 344 valence electrons. The van der Waals surface area contributed by atoms with Crippen molar-refractivity contribution >= 4 is 17.9 Å². The van der Waals surface area contributed by atoms with Crippen LogP contribution in [0.15, 0.2) is 59.8 Å². The standard InChI is InChI=1S/C45H68O16/c1-9-10-11-12-13-14-38(49)59-41-30(22-39(50)54-7)21-33-25-36(28(2)46)58-40(51)24-31(47)23-34-26-37(48)43(5,6)44(52,60-34)27-35-20-29(16-18-56-55-8)19-32(57-35)15-17-42(3,4)45(41,53)61-33/h11-17,22,28,31-37,41,46-48,52-53H,9-10,18-21,23-27H2,1-8H3. The van der Waals surface area contributed by atoms with Crippen molar-refractivity contribution < 1.29 is 78.1 Å². The van der Waals surface area contributed by atoms with Crippen LogP contribution in [-0.2, 0) is 52.6 Å². The van der Waals surface area contributed by atoms with Gasteiger partial charge in [0.25, 0.3) is 0 Å². The van der Waals surface area contributed by atoms with Gasteiger partial charge in [-0.25, -0.2) is 19.4 Å². The summed E-state index contributed by atoms with van der Waals surface area (Å²) in [5, 5.41) is 58.4. The van der Waals surface area contributed by atoms with Gasteiger partial charge in [0, 0.05) is 48.7 Å². The Morgan fingerprint density at radius 1 is 0.951 bits per heavy atom. The Kier molecular flexibility index (Phi) is 18.1. The van der Waals surface area contributed by atoms with Crippen LogP contribution in [-0.4, -0.2) is 131 Å². The maximum Gasteiger partial charge on any atom is 0.331 e. The van der Waals surface area contributed by atoms with E-state index in [1.54, 1.807) is 45.9 Å². The number of ether oxygens (including phenoxy) is 6. The molecule has 0 aromatic carbocycles. The van der Waals surface area contributed by atoms with Gasteiger partial charge < -0.3 is 54.0 Å². The minimum absolute atomic E-state index is 0.0785. The maximum absolute atomic E-state index is 13.4. The van der Waals surface area contributed by atoms with E-state index in [2.05, 4.69) is 0 Å². The van der Waals surface area contributed by atoms with E-state index in [1.807, 2.05) is 19.1 Å². The van der Waals surface area contributed by atoms with E-state index in [-0.39, 0.29) is 44.3 Å². The maximum atomic E-state index is 13.4. The lowest BCUT2D eigenvalue weighted by Gasteiger charge is -2.53. The van der Waals surface area contributed by atoms with Crippen molar-refractivity contribution in [2.24, 2.45) is 10.8 Å². The van der Waals surface area contributed by atoms with Crippen molar-refractivity contribution in [2.75, 3.05) is 20.8 Å². The molecule has 0 saturated carbocycles. The van der Waals surface area contributed by atoms with Crippen LogP contribution >= 0.6 is 0 Å². The zero-order valence-corrected chi connectivity index (χ0v) is 36.8. The molecule has 0 aliphatic carbocycles. The van der Waals surface area contributed by atoms with Gasteiger partial charge in [-0.3, -0.25) is 4.79 Å². The first-order chi connectivity index (χ1) is 28.7. The Hall–Kier alpha value is -3.29. The minimum Gasteiger partial charge on any atom is -0.466 e. The number of carbonyl (C=O) groups is 3. The quantitative estimate of drug-likeness (QED) is 0.0304. The third-order valence-corrected chi connectivity index (χ3v) is 12.1. The molecular formula is C45H68O16. The van der Waals surface area contributed by atoms with Crippen LogP contribution in [0.3, 0.4) is 0 Å². The highest BCUT2D eigenvalue weighted by Crippen LogP contribution is 2.49. The van der Waals surface area contributed by atoms with Gasteiger partial charge >= 0.3 is 17.9 Å². The van der Waals surface area contributed by atoms with Crippen molar-refractivity contribution in [2.45, 2.75) is 172 Å². The number of cyclic esters (lactones) is 1. The van der Waals surface area contributed by atoms with E-state index in [0.717, 1.165) is 24.5 Å². The zero-order valence-electron chi connectivity index (χ0n) is 36.8. The van der Waals surface area contributed by atoms with Crippen LogP contribution in [0, 0.1) is 10.8 Å². The number of aliphatic hydroxyl groups is 5. The summed E-state index contributed by atoms with van der Waals surface area (Å²) in [6.45, 7) is 10.2. The van der Waals surface area contributed by atoms with E-state index in [0.29, 0.717) is 12.8 Å². The average Bonchev–Trinajstić information content (AvgIpc) is 3.17. The predicted molar refractivity (Wildman–Crippen MR) is 220 cm³/mol. The van der Waals surface area contributed by atoms with Crippen molar-refractivity contribution in [3.63, 3.8) is 0 Å². The molecule has 4 rings (SSSR count). The van der Waals surface area contributed by atoms with Gasteiger partial charge in [0.1, 0.15) is 12.7 Å². The third kappa shape index (κ3) is 13.1. The molecule has 0 spiro atoms. The molecule has 3 fully saturated rings. The Labute approximate surface area is 359 Å². The van der Waals surface area contributed by atoms with Crippen LogP contribution in [0.5, 0.6) is 0 Å². The number of unbranched alkanes of at least 4 members (excludes halogenated alkanes) is 1. The number of hydrogen-bond acceptors (Lipinski definition) is 16. The highest BCUT2D eigenvalue weighted by molar-refractivity contribution is 5.84. The molecule has 61 heavy (non-hydrogen) atoms. The van der Waals surface area contributed by atoms with Crippen LogP contribution < -0.4 is 0 Å². The topological polar surface area (TPSA) is 226 Å². The molecule has 6 bridgehead atoms. The molecule has 5 N–H and O–H groups in total. The molecule has 0 radical (unpaired) electrons. The van der Waals surface area contributed by atoms with Gasteiger partial charge in [-0.05, 0) is 38.2 Å². The first-order valence-corrected chi connectivity index (χ1v) is 21.2. The molecule has 4 heterocycles. The predicted octanol–water partition coefficient (Wildman–Crippen LogP) is 4.11. The summed E-state index contributed by atoms with van der Waals surface area (Å²) in [7, 11) is 2.58. The molecular weight excluding hydrogens is 796 g/mol. The first kappa shape index (κ1) is 50.4. The second kappa shape index (κ2) is 21.9. The number of fused-ring (bicyclic) bond motifs is 6. The highest BCUT2D eigenvalue weighted by Gasteiger charge is 2.59. The lowest BCUT2D eigenvalue weighted by Crippen LogP contribution is -2.62. The summed E-state index contributed by atoms with van der Waals surface area (Å²) < 4.78 is 36.0. The Morgan fingerprint density at radius 2 is 1.69 bits per heavy atom. The van der Waals surface area contributed by atoms with Crippen molar-refractivity contribution in [1.82, 2.24) is 0 Å². The normalized spacial score (nSPS) is 36.7. The van der Waals surface area contributed by atoms with E-state index >= 15 is 0 Å². The number of rotatable bonds is 10. The number of aliphatic hydroxyl groups excluding tert-OH is 3. The SMILES string of the molecule is CCCC=CC=CC(=O)OC1C(=CC(=O)OC)CC2CC(C(C)O)OC(=O)CC(O)CC3CC(O)C(C)(C)C(O)(CC4CC(=CCOOC)CC(C=CC(C)(C)C1(O)O2)O4)O3. The summed E-state index contributed by atoms with van der Waals surface area (Å²) in [6.07, 6.45) is 4.55. The average molecular weight is 865 g/mol. The van der Waals surface area contributed by atoms with E-state index < -0.39 is 102 Å². The summed E-state index contributed by atoms with van der Waals surface area (Å²) in [5.41, 5.74) is -1.59. The molecule has 16 nitrogen and oxygen atoms in total. The van der Waals surface area contributed by atoms with Gasteiger partial charge in [0.15, 0.2) is 11.9 Å². The molecule has 11 atom stereocenters. The molecule has 0 aromatic rings. The summed E-state index contributed by atoms with van der Waals surface area (Å²) >= 11 is 0. The van der Waals surface area contributed by atoms with Gasteiger partial charge in [-0.2, -0.15) is 0 Å². The van der Waals surface area contributed by atoms with Gasteiger partial charge in [-0.15, -0.1) is 0 Å². The second-order valence-corrected chi connectivity index (χ2v) is 17.7. The number of carbonyl (C=O) groups excluding carboxylic acids is 3. The molecule has 3 saturated heterocycles. The van der Waals surface area contributed by atoms with Crippen molar-refractivity contribution in [3.05, 3.63) is 59.8 Å². The number of methoxy groups -OCH3 is 1. The summed E-state index contributed by atoms with van der Waals surface area (Å²) in [6, 6.07) is 0. The highest BCUT2D eigenvalue weighted by atomic mass is 17.2. The monoisotopic (exact) mass is 864 g/mol. The fourth-order valence-corrected chi connectivity index (χ4v) is 8.24. The number of allylic oxidation sites excluding steroid dienone is 3. The van der Waals surface area contributed by atoms with Crippen molar-refractivity contribution in [1.29, 1.82) is 0 Å². The second-order valence-electron chi connectivity index (χ2n) is 17.7. The largest absolute Gasteiger partial charge is 0.466 e. The fraction of sp³-hybridized carbons (Fsp3) is 0.711. The Morgan fingerprint density at radius 3 is 2.36 bits per heavy atom. The Balaban J connectivity index is 1.85. The molecule has 4 aliphatic rings. The molecule has 16 heteroatoms. The lowest BCUT2D eigenvalue weighted by molar-refractivity contribution is -0.348. The van der Waals surface area contributed by atoms with Gasteiger partial charge in [0.05, 0.1) is 63.4 Å². The Bertz CT molecular complexity index is 1650. The first-order valence-electron chi connectivity index (χ1n) is 21.2. The molecule has 0 aromatic heterocycles. The third-order valence-electron chi connectivity index (χ3n) is 12.1. The van der Waals surface area contributed by atoms with E-state index in [4.69, 9.17) is 38.2 Å². The lowest BCUT2D eigenvalue weighted by atomic mass is 9.70. The molecule has 4 aliphatic heterocycles. The van der Waals surface area contributed by atoms with Crippen LogP contribution in [0.25, 0.3) is 0 Å². The van der Waals surface area contributed by atoms with Gasteiger partial charge in [0.2, 0.25) is 5.79 Å². The van der Waals surface area contributed by atoms with Gasteiger partial charge in [-0.1, -0.05) is 83.1 Å². The zero-order chi connectivity index (χ0) is 45.2.